The molecule has 0 aliphatic carbocycles. The lowest BCUT2D eigenvalue weighted by Gasteiger charge is -2.43. The quantitative estimate of drug-likeness (QED) is 0.734. The zero-order chi connectivity index (χ0) is 14.5. The lowest BCUT2D eigenvalue weighted by atomic mass is 9.83. The highest BCUT2D eigenvalue weighted by Gasteiger charge is 2.34. The van der Waals surface area contributed by atoms with Gasteiger partial charge in [-0.2, -0.15) is 0 Å². The van der Waals surface area contributed by atoms with Gasteiger partial charge in [0.15, 0.2) is 0 Å². The largest absolute Gasteiger partial charge is 0.329 e. The van der Waals surface area contributed by atoms with Crippen LogP contribution in [0.1, 0.15) is 46.5 Å². The molecule has 0 aromatic heterocycles. The Morgan fingerprint density at radius 1 is 1.42 bits per heavy atom. The monoisotopic (exact) mass is 269 g/mol. The summed E-state index contributed by atoms with van der Waals surface area (Å²) in [6.07, 6.45) is 4.98. The Balaban J connectivity index is 2.63. The molecule has 0 saturated carbocycles. The third kappa shape index (κ3) is 4.44. The Morgan fingerprint density at radius 3 is 2.53 bits per heavy atom. The standard InChI is InChI=1S/C16H35N3/c1-6-14(3)10-16(7-2,13-17)19(5)12-15-8-9-18(4)11-15/h14-15H,6-13,17H2,1-5H3. The van der Waals surface area contributed by atoms with E-state index < -0.39 is 0 Å². The average Bonchev–Trinajstić information content (AvgIpc) is 2.81. The third-order valence-electron chi connectivity index (χ3n) is 5.29. The smallest absolute Gasteiger partial charge is 0.0328 e. The Labute approximate surface area is 120 Å². The van der Waals surface area contributed by atoms with E-state index in [9.17, 15) is 0 Å². The van der Waals surface area contributed by atoms with Crippen molar-refractivity contribution in [3.05, 3.63) is 0 Å². The molecule has 0 aromatic rings. The lowest BCUT2D eigenvalue weighted by Crippen LogP contribution is -2.54. The van der Waals surface area contributed by atoms with Gasteiger partial charge in [0.2, 0.25) is 0 Å². The van der Waals surface area contributed by atoms with Crippen molar-refractivity contribution in [3.8, 4) is 0 Å². The first-order chi connectivity index (χ1) is 8.97. The molecule has 1 heterocycles. The molecule has 1 fully saturated rings. The van der Waals surface area contributed by atoms with E-state index in [2.05, 4.69) is 44.7 Å². The SMILES string of the molecule is CCC(C)CC(CC)(CN)N(C)CC1CCN(C)C1. The minimum absolute atomic E-state index is 0.205. The van der Waals surface area contributed by atoms with Crippen molar-refractivity contribution in [2.75, 3.05) is 40.3 Å². The molecule has 3 heteroatoms. The molecule has 0 bridgehead atoms. The molecule has 114 valence electrons. The van der Waals surface area contributed by atoms with Gasteiger partial charge in [0, 0.05) is 25.2 Å². The summed E-state index contributed by atoms with van der Waals surface area (Å²) in [4.78, 5) is 5.02. The van der Waals surface area contributed by atoms with E-state index in [1.165, 1.54) is 38.9 Å². The van der Waals surface area contributed by atoms with Crippen molar-refractivity contribution in [1.29, 1.82) is 0 Å². The predicted molar refractivity (Wildman–Crippen MR) is 84.4 cm³/mol. The van der Waals surface area contributed by atoms with E-state index in [1.54, 1.807) is 0 Å². The summed E-state index contributed by atoms with van der Waals surface area (Å²) >= 11 is 0. The molecule has 1 rings (SSSR count). The van der Waals surface area contributed by atoms with Gasteiger partial charge in [-0.1, -0.05) is 27.2 Å². The number of hydrogen-bond donors (Lipinski definition) is 1. The second-order valence-electron chi connectivity index (χ2n) is 6.80. The van der Waals surface area contributed by atoms with Crippen LogP contribution in [0, 0.1) is 11.8 Å². The number of nitrogens with two attached hydrogens (primary N) is 1. The first-order valence-electron chi connectivity index (χ1n) is 8.07. The van der Waals surface area contributed by atoms with E-state index in [0.717, 1.165) is 24.8 Å². The number of likely N-dealkylation sites (tertiary alicyclic amines) is 1. The molecule has 1 aliphatic rings. The van der Waals surface area contributed by atoms with Gasteiger partial charge in [-0.25, -0.2) is 0 Å². The highest BCUT2D eigenvalue weighted by atomic mass is 15.2. The maximum Gasteiger partial charge on any atom is 0.0328 e. The van der Waals surface area contributed by atoms with Gasteiger partial charge >= 0.3 is 0 Å². The zero-order valence-corrected chi connectivity index (χ0v) is 13.8. The number of likely N-dealkylation sites (N-methyl/N-ethyl adjacent to an activating group) is 1. The summed E-state index contributed by atoms with van der Waals surface area (Å²) in [5.74, 6) is 1.58. The van der Waals surface area contributed by atoms with Crippen LogP contribution in [-0.4, -0.2) is 55.6 Å². The van der Waals surface area contributed by atoms with Crippen LogP contribution < -0.4 is 5.73 Å². The first kappa shape index (κ1) is 16.9. The van der Waals surface area contributed by atoms with Gasteiger partial charge in [0.1, 0.15) is 0 Å². The van der Waals surface area contributed by atoms with Crippen molar-refractivity contribution < 1.29 is 0 Å². The Bertz CT molecular complexity index is 250. The van der Waals surface area contributed by atoms with Crippen molar-refractivity contribution in [3.63, 3.8) is 0 Å². The second kappa shape index (κ2) is 7.61. The van der Waals surface area contributed by atoms with Gasteiger partial charge in [-0.15, -0.1) is 0 Å². The van der Waals surface area contributed by atoms with Crippen LogP contribution in [0.25, 0.3) is 0 Å². The maximum absolute atomic E-state index is 6.17. The molecule has 0 radical (unpaired) electrons. The second-order valence-corrected chi connectivity index (χ2v) is 6.80. The normalized spacial score (nSPS) is 25.7. The number of rotatable bonds is 8. The highest BCUT2D eigenvalue weighted by Crippen LogP contribution is 2.29. The van der Waals surface area contributed by atoms with Crippen molar-refractivity contribution in [2.24, 2.45) is 17.6 Å². The summed E-state index contributed by atoms with van der Waals surface area (Å²) in [5, 5.41) is 0. The molecule has 2 N–H and O–H groups in total. The minimum atomic E-state index is 0.205. The molecular weight excluding hydrogens is 234 g/mol. The molecule has 1 aliphatic heterocycles. The van der Waals surface area contributed by atoms with Gasteiger partial charge in [-0.3, -0.25) is 4.90 Å². The van der Waals surface area contributed by atoms with Crippen LogP contribution in [0.5, 0.6) is 0 Å². The average molecular weight is 269 g/mol. The molecular formula is C16H35N3. The molecule has 0 spiro atoms. The molecule has 19 heavy (non-hydrogen) atoms. The third-order valence-corrected chi connectivity index (χ3v) is 5.29. The highest BCUT2D eigenvalue weighted by molar-refractivity contribution is 4.92. The van der Waals surface area contributed by atoms with Crippen LogP contribution in [0.4, 0.5) is 0 Å². The van der Waals surface area contributed by atoms with Crippen molar-refractivity contribution in [1.82, 2.24) is 9.80 Å². The molecule has 3 unspecified atom stereocenters. The Hall–Kier alpha value is -0.120. The summed E-state index contributed by atoms with van der Waals surface area (Å²) in [7, 11) is 4.52. The maximum atomic E-state index is 6.17. The van der Waals surface area contributed by atoms with Crippen LogP contribution >= 0.6 is 0 Å². The van der Waals surface area contributed by atoms with Crippen LogP contribution in [0.15, 0.2) is 0 Å². The summed E-state index contributed by atoms with van der Waals surface area (Å²) < 4.78 is 0. The van der Waals surface area contributed by atoms with E-state index in [0.29, 0.717) is 0 Å². The topological polar surface area (TPSA) is 32.5 Å². The molecule has 0 amide bonds. The van der Waals surface area contributed by atoms with Crippen molar-refractivity contribution >= 4 is 0 Å². The molecule has 3 atom stereocenters. The summed E-state index contributed by atoms with van der Waals surface area (Å²) in [6.45, 7) is 11.4. The predicted octanol–water partition coefficient (Wildman–Crippen LogP) is 2.41. The Kier molecular flexibility index (Phi) is 6.78. The van der Waals surface area contributed by atoms with E-state index >= 15 is 0 Å². The number of nitrogens with zero attached hydrogens (tertiary/aromatic N) is 2. The van der Waals surface area contributed by atoms with Crippen LogP contribution in [0.2, 0.25) is 0 Å². The fourth-order valence-electron chi connectivity index (χ4n) is 3.50. The minimum Gasteiger partial charge on any atom is -0.329 e. The first-order valence-corrected chi connectivity index (χ1v) is 8.07. The van der Waals surface area contributed by atoms with Crippen molar-refractivity contribution in [2.45, 2.75) is 52.0 Å². The Morgan fingerprint density at radius 2 is 2.11 bits per heavy atom. The van der Waals surface area contributed by atoms with E-state index in [4.69, 9.17) is 5.73 Å². The van der Waals surface area contributed by atoms with Gasteiger partial charge in [0.05, 0.1) is 0 Å². The van der Waals surface area contributed by atoms with Gasteiger partial charge in [-0.05, 0) is 51.7 Å². The molecule has 3 nitrogen and oxygen atoms in total. The fourth-order valence-corrected chi connectivity index (χ4v) is 3.50. The summed E-state index contributed by atoms with van der Waals surface area (Å²) in [6, 6.07) is 0. The van der Waals surface area contributed by atoms with Crippen LogP contribution in [-0.2, 0) is 0 Å². The van der Waals surface area contributed by atoms with Gasteiger partial charge < -0.3 is 10.6 Å². The summed E-state index contributed by atoms with van der Waals surface area (Å²) in [5.41, 5.74) is 6.38. The molecule has 1 saturated heterocycles. The van der Waals surface area contributed by atoms with E-state index in [-0.39, 0.29) is 5.54 Å². The number of hydrogen-bond acceptors (Lipinski definition) is 3. The van der Waals surface area contributed by atoms with Gasteiger partial charge in [0.25, 0.3) is 0 Å². The molecule has 0 aromatic carbocycles. The zero-order valence-electron chi connectivity index (χ0n) is 13.8. The van der Waals surface area contributed by atoms with Crippen LogP contribution in [0.3, 0.4) is 0 Å². The van der Waals surface area contributed by atoms with E-state index in [1.807, 2.05) is 0 Å². The fraction of sp³-hybridized carbons (Fsp3) is 1.00. The lowest BCUT2D eigenvalue weighted by molar-refractivity contribution is 0.0776.